The Labute approximate surface area is 120 Å². The summed E-state index contributed by atoms with van der Waals surface area (Å²) in [6.07, 6.45) is 0. The molecule has 0 aromatic heterocycles. The van der Waals surface area contributed by atoms with Gasteiger partial charge in [0.1, 0.15) is 5.75 Å². The van der Waals surface area contributed by atoms with Crippen LogP contribution in [0.3, 0.4) is 0 Å². The minimum atomic E-state index is 0.641. The second-order valence-electron chi connectivity index (χ2n) is 4.81. The van der Waals surface area contributed by atoms with Crippen molar-refractivity contribution in [2.24, 2.45) is 0 Å². The van der Waals surface area contributed by atoms with Crippen LogP contribution in [0.2, 0.25) is 0 Å². The second-order valence-corrected chi connectivity index (χ2v) is 4.81. The van der Waals surface area contributed by atoms with Gasteiger partial charge in [-0.2, -0.15) is 0 Å². The van der Waals surface area contributed by atoms with Crippen LogP contribution in [0.4, 0.5) is 5.69 Å². The van der Waals surface area contributed by atoms with Crippen LogP contribution in [-0.2, 0) is 17.9 Å². The van der Waals surface area contributed by atoms with Crippen molar-refractivity contribution in [3.63, 3.8) is 0 Å². The van der Waals surface area contributed by atoms with Crippen molar-refractivity contribution in [2.45, 2.75) is 20.1 Å². The maximum atomic E-state index is 5.39. The highest BCUT2D eigenvalue weighted by atomic mass is 16.5. The van der Waals surface area contributed by atoms with E-state index in [0.29, 0.717) is 6.61 Å². The Bertz CT molecular complexity index is 567. The Kier molecular flexibility index (Phi) is 5.02. The lowest BCUT2D eigenvalue weighted by Crippen LogP contribution is -2.02. The molecule has 2 rings (SSSR count). The van der Waals surface area contributed by atoms with E-state index < -0.39 is 0 Å². The first-order valence-electron chi connectivity index (χ1n) is 6.68. The molecule has 0 fully saturated rings. The normalized spacial score (nSPS) is 10.3. The molecule has 0 atom stereocenters. The van der Waals surface area contributed by atoms with Crippen LogP contribution in [0, 0.1) is 6.92 Å². The van der Waals surface area contributed by atoms with Crippen LogP contribution in [-0.4, -0.2) is 14.2 Å². The molecular weight excluding hydrogens is 250 g/mol. The molecule has 0 aliphatic heterocycles. The van der Waals surface area contributed by atoms with E-state index in [0.717, 1.165) is 18.0 Å². The van der Waals surface area contributed by atoms with Gasteiger partial charge in [0, 0.05) is 13.7 Å². The first kappa shape index (κ1) is 14.4. The molecule has 0 unspecified atom stereocenters. The van der Waals surface area contributed by atoms with Crippen molar-refractivity contribution in [3.05, 3.63) is 59.2 Å². The van der Waals surface area contributed by atoms with Crippen LogP contribution in [0.15, 0.2) is 42.5 Å². The molecule has 2 aromatic carbocycles. The monoisotopic (exact) mass is 271 g/mol. The Morgan fingerprint density at radius 3 is 2.55 bits per heavy atom. The fourth-order valence-corrected chi connectivity index (χ4v) is 2.14. The zero-order valence-corrected chi connectivity index (χ0v) is 12.3. The summed E-state index contributed by atoms with van der Waals surface area (Å²) in [5.41, 5.74) is 4.61. The van der Waals surface area contributed by atoms with Crippen LogP contribution >= 0.6 is 0 Å². The Balaban J connectivity index is 2.06. The zero-order valence-electron chi connectivity index (χ0n) is 12.3. The summed E-state index contributed by atoms with van der Waals surface area (Å²) in [5.74, 6) is 0.873. The van der Waals surface area contributed by atoms with E-state index in [2.05, 4.69) is 42.6 Å². The molecule has 0 radical (unpaired) electrons. The first-order valence-corrected chi connectivity index (χ1v) is 6.68. The van der Waals surface area contributed by atoms with Gasteiger partial charge in [-0.05, 0) is 35.7 Å². The average molecular weight is 271 g/mol. The number of rotatable bonds is 6. The number of methoxy groups -OCH3 is 2. The number of nitrogens with one attached hydrogen (secondary N) is 1. The number of anilines is 1. The molecule has 1 N–H and O–H groups in total. The van der Waals surface area contributed by atoms with E-state index >= 15 is 0 Å². The largest absolute Gasteiger partial charge is 0.495 e. The van der Waals surface area contributed by atoms with Gasteiger partial charge in [0.05, 0.1) is 19.4 Å². The Morgan fingerprint density at radius 1 is 1.00 bits per heavy atom. The molecule has 0 saturated heterocycles. The topological polar surface area (TPSA) is 30.5 Å². The number of benzene rings is 2. The molecule has 106 valence electrons. The van der Waals surface area contributed by atoms with Gasteiger partial charge in [0.15, 0.2) is 0 Å². The van der Waals surface area contributed by atoms with E-state index in [9.17, 15) is 0 Å². The highest BCUT2D eigenvalue weighted by Crippen LogP contribution is 2.25. The summed E-state index contributed by atoms with van der Waals surface area (Å²) in [4.78, 5) is 0. The van der Waals surface area contributed by atoms with Crippen molar-refractivity contribution < 1.29 is 9.47 Å². The summed E-state index contributed by atoms with van der Waals surface area (Å²) in [7, 11) is 3.40. The molecule has 0 aliphatic rings. The number of hydrogen-bond acceptors (Lipinski definition) is 3. The average Bonchev–Trinajstić information content (AvgIpc) is 2.46. The third kappa shape index (κ3) is 3.75. The molecule has 3 heteroatoms. The Morgan fingerprint density at radius 2 is 1.80 bits per heavy atom. The van der Waals surface area contributed by atoms with Crippen molar-refractivity contribution in [3.8, 4) is 5.75 Å². The highest BCUT2D eigenvalue weighted by molar-refractivity contribution is 5.57. The summed E-state index contributed by atoms with van der Waals surface area (Å²) in [6, 6.07) is 14.5. The maximum Gasteiger partial charge on any atom is 0.142 e. The molecule has 0 heterocycles. The van der Waals surface area contributed by atoms with E-state index in [4.69, 9.17) is 9.47 Å². The summed E-state index contributed by atoms with van der Waals surface area (Å²) in [5, 5.41) is 3.41. The highest BCUT2D eigenvalue weighted by Gasteiger charge is 2.03. The standard InChI is InChI=1S/C17H21NO2/c1-13-7-8-16(17(9-13)20-3)18-11-14-5-4-6-15(10-14)12-19-2/h4-10,18H,11-12H2,1-3H3. The third-order valence-corrected chi connectivity index (χ3v) is 3.14. The van der Waals surface area contributed by atoms with Crippen molar-refractivity contribution in [1.29, 1.82) is 0 Å². The van der Waals surface area contributed by atoms with Gasteiger partial charge in [-0.15, -0.1) is 0 Å². The number of aryl methyl sites for hydroxylation is 1. The maximum absolute atomic E-state index is 5.39. The molecular formula is C17H21NO2. The SMILES string of the molecule is COCc1cccc(CNc2ccc(C)cc2OC)c1. The number of ether oxygens (including phenoxy) is 2. The van der Waals surface area contributed by atoms with Gasteiger partial charge in [-0.25, -0.2) is 0 Å². The fourth-order valence-electron chi connectivity index (χ4n) is 2.14. The van der Waals surface area contributed by atoms with Gasteiger partial charge in [-0.3, -0.25) is 0 Å². The predicted octanol–water partition coefficient (Wildman–Crippen LogP) is 3.76. The van der Waals surface area contributed by atoms with Gasteiger partial charge in [-0.1, -0.05) is 30.3 Å². The zero-order chi connectivity index (χ0) is 14.4. The van der Waals surface area contributed by atoms with E-state index in [1.165, 1.54) is 16.7 Å². The van der Waals surface area contributed by atoms with Crippen LogP contribution in [0.25, 0.3) is 0 Å². The van der Waals surface area contributed by atoms with E-state index in [-0.39, 0.29) is 0 Å². The molecule has 0 amide bonds. The molecule has 3 nitrogen and oxygen atoms in total. The molecule has 20 heavy (non-hydrogen) atoms. The lowest BCUT2D eigenvalue weighted by molar-refractivity contribution is 0.185. The van der Waals surface area contributed by atoms with Gasteiger partial charge < -0.3 is 14.8 Å². The molecule has 0 bridgehead atoms. The minimum Gasteiger partial charge on any atom is -0.495 e. The summed E-state index contributed by atoms with van der Waals surface area (Å²) in [6.45, 7) is 3.46. The molecule has 2 aromatic rings. The molecule has 0 spiro atoms. The van der Waals surface area contributed by atoms with Gasteiger partial charge in [0.2, 0.25) is 0 Å². The van der Waals surface area contributed by atoms with Crippen LogP contribution < -0.4 is 10.1 Å². The molecule has 0 aliphatic carbocycles. The van der Waals surface area contributed by atoms with Gasteiger partial charge in [0.25, 0.3) is 0 Å². The fraction of sp³-hybridized carbons (Fsp3) is 0.294. The van der Waals surface area contributed by atoms with E-state index in [1.807, 2.05) is 12.1 Å². The summed E-state index contributed by atoms with van der Waals surface area (Å²) >= 11 is 0. The van der Waals surface area contributed by atoms with E-state index in [1.54, 1.807) is 14.2 Å². The smallest absolute Gasteiger partial charge is 0.142 e. The molecule has 0 saturated carbocycles. The quantitative estimate of drug-likeness (QED) is 0.867. The van der Waals surface area contributed by atoms with Crippen molar-refractivity contribution in [2.75, 3.05) is 19.5 Å². The lowest BCUT2D eigenvalue weighted by Gasteiger charge is -2.12. The van der Waals surface area contributed by atoms with Crippen molar-refractivity contribution >= 4 is 5.69 Å². The predicted molar refractivity (Wildman–Crippen MR) is 82.2 cm³/mol. The number of hydrogen-bond donors (Lipinski definition) is 1. The first-order chi connectivity index (χ1) is 9.72. The second kappa shape index (κ2) is 6.96. The van der Waals surface area contributed by atoms with Crippen LogP contribution in [0.1, 0.15) is 16.7 Å². The van der Waals surface area contributed by atoms with Crippen LogP contribution in [0.5, 0.6) is 5.75 Å². The Hall–Kier alpha value is -2.00. The third-order valence-electron chi connectivity index (χ3n) is 3.14. The summed E-state index contributed by atoms with van der Waals surface area (Å²) < 4.78 is 10.5. The van der Waals surface area contributed by atoms with Gasteiger partial charge >= 0.3 is 0 Å². The lowest BCUT2D eigenvalue weighted by atomic mass is 10.1. The minimum absolute atomic E-state index is 0.641. The van der Waals surface area contributed by atoms with Crippen molar-refractivity contribution in [1.82, 2.24) is 0 Å².